The fraction of sp³-hybridized carbons (Fsp3) is 0.500. The summed E-state index contributed by atoms with van der Waals surface area (Å²) >= 11 is 7.22. The van der Waals surface area contributed by atoms with Gasteiger partial charge in [-0.1, -0.05) is 17.7 Å². The van der Waals surface area contributed by atoms with E-state index >= 15 is 0 Å². The molecule has 1 amide bonds. The highest BCUT2D eigenvalue weighted by molar-refractivity contribution is 8.01. The molecule has 1 aliphatic heterocycles. The van der Waals surface area contributed by atoms with Gasteiger partial charge < -0.3 is 10.4 Å². The highest BCUT2D eigenvalue weighted by atomic mass is 35.5. The first kappa shape index (κ1) is 15.6. The van der Waals surface area contributed by atoms with E-state index in [1.54, 1.807) is 17.8 Å². The summed E-state index contributed by atoms with van der Waals surface area (Å²) in [4.78, 5) is 12.1. The number of aliphatic hydroxyl groups is 1. The standard InChI is InChI=1S/C14H17ClFNO2S/c1-14(5-2-6-20-14)13(19)17-8-12(18)9-3-4-10(15)11(16)7-9/h3-4,7,12,18H,2,5-6,8H2,1H3,(H,17,19). The monoisotopic (exact) mass is 317 g/mol. The van der Waals surface area contributed by atoms with E-state index in [9.17, 15) is 14.3 Å². The van der Waals surface area contributed by atoms with E-state index in [-0.39, 0.29) is 17.5 Å². The van der Waals surface area contributed by atoms with E-state index < -0.39 is 16.7 Å². The number of rotatable bonds is 4. The summed E-state index contributed by atoms with van der Waals surface area (Å²) in [6.45, 7) is 1.98. The molecule has 2 rings (SSSR count). The third kappa shape index (κ3) is 3.45. The Morgan fingerprint density at radius 2 is 2.40 bits per heavy atom. The van der Waals surface area contributed by atoms with Gasteiger partial charge in [-0.3, -0.25) is 4.79 Å². The van der Waals surface area contributed by atoms with Gasteiger partial charge in [-0.15, -0.1) is 11.8 Å². The Morgan fingerprint density at radius 3 is 3.00 bits per heavy atom. The van der Waals surface area contributed by atoms with Crippen LogP contribution in [-0.2, 0) is 4.79 Å². The Morgan fingerprint density at radius 1 is 1.65 bits per heavy atom. The summed E-state index contributed by atoms with van der Waals surface area (Å²) in [5, 5.41) is 12.7. The van der Waals surface area contributed by atoms with E-state index in [0.29, 0.717) is 5.56 Å². The number of carbonyl (C=O) groups is 1. The summed E-state index contributed by atoms with van der Waals surface area (Å²) in [5.41, 5.74) is 0.399. The summed E-state index contributed by atoms with van der Waals surface area (Å²) in [5.74, 6) is 0.329. The molecule has 6 heteroatoms. The average molecular weight is 318 g/mol. The molecule has 20 heavy (non-hydrogen) atoms. The molecule has 2 atom stereocenters. The predicted molar refractivity (Wildman–Crippen MR) is 79.5 cm³/mol. The van der Waals surface area contributed by atoms with Crippen molar-refractivity contribution in [2.75, 3.05) is 12.3 Å². The van der Waals surface area contributed by atoms with Crippen LogP contribution in [-0.4, -0.2) is 28.1 Å². The quantitative estimate of drug-likeness (QED) is 0.897. The van der Waals surface area contributed by atoms with Crippen LogP contribution in [0.3, 0.4) is 0 Å². The summed E-state index contributed by atoms with van der Waals surface area (Å²) in [6.07, 6.45) is 0.926. The van der Waals surface area contributed by atoms with Crippen LogP contribution < -0.4 is 5.32 Å². The number of carbonyl (C=O) groups excluding carboxylic acids is 1. The van der Waals surface area contributed by atoms with Crippen LogP contribution in [0.1, 0.15) is 31.4 Å². The van der Waals surface area contributed by atoms with E-state index in [4.69, 9.17) is 11.6 Å². The van der Waals surface area contributed by atoms with Crippen LogP contribution in [0.4, 0.5) is 4.39 Å². The number of aliphatic hydroxyl groups excluding tert-OH is 1. The minimum atomic E-state index is -0.944. The van der Waals surface area contributed by atoms with E-state index in [0.717, 1.165) is 18.6 Å². The molecule has 1 saturated heterocycles. The van der Waals surface area contributed by atoms with Crippen molar-refractivity contribution in [3.05, 3.63) is 34.6 Å². The minimum Gasteiger partial charge on any atom is -0.387 e. The second kappa shape index (κ2) is 6.33. The van der Waals surface area contributed by atoms with Crippen LogP contribution in [0.2, 0.25) is 5.02 Å². The Hall–Kier alpha value is -0.780. The first-order valence-electron chi connectivity index (χ1n) is 6.48. The molecule has 1 heterocycles. The van der Waals surface area contributed by atoms with Crippen molar-refractivity contribution in [1.29, 1.82) is 0 Å². The van der Waals surface area contributed by atoms with Gasteiger partial charge in [0.1, 0.15) is 5.82 Å². The second-order valence-electron chi connectivity index (χ2n) is 5.08. The molecule has 1 aromatic carbocycles. The van der Waals surface area contributed by atoms with Crippen LogP contribution in [0.5, 0.6) is 0 Å². The number of amides is 1. The minimum absolute atomic E-state index is 0.0138. The fourth-order valence-electron chi connectivity index (χ4n) is 2.17. The van der Waals surface area contributed by atoms with Gasteiger partial charge in [0, 0.05) is 6.54 Å². The van der Waals surface area contributed by atoms with Crippen molar-refractivity contribution >= 4 is 29.3 Å². The van der Waals surface area contributed by atoms with Gasteiger partial charge in [0.2, 0.25) is 5.91 Å². The van der Waals surface area contributed by atoms with E-state index in [1.807, 2.05) is 6.92 Å². The van der Waals surface area contributed by atoms with Crippen LogP contribution in [0.25, 0.3) is 0 Å². The molecule has 2 unspecified atom stereocenters. The Kier molecular flexibility index (Phi) is 4.94. The molecule has 0 bridgehead atoms. The Bertz CT molecular complexity index is 506. The lowest BCUT2D eigenvalue weighted by molar-refractivity contribution is -0.123. The SMILES string of the molecule is CC1(C(=O)NCC(O)c2ccc(Cl)c(F)c2)CCCS1. The number of benzene rings is 1. The van der Waals surface area contributed by atoms with Crippen molar-refractivity contribution in [2.24, 2.45) is 0 Å². The third-order valence-corrected chi connectivity index (χ3v) is 5.31. The molecule has 1 aromatic rings. The molecule has 0 saturated carbocycles. The number of halogens is 2. The maximum atomic E-state index is 13.3. The van der Waals surface area contributed by atoms with Gasteiger partial charge in [0.15, 0.2) is 0 Å². The maximum absolute atomic E-state index is 13.3. The predicted octanol–water partition coefficient (Wildman–Crippen LogP) is 2.91. The molecular formula is C14H17ClFNO2S. The van der Waals surface area contributed by atoms with Crippen molar-refractivity contribution in [2.45, 2.75) is 30.6 Å². The van der Waals surface area contributed by atoms with Crippen molar-refractivity contribution in [3.8, 4) is 0 Å². The number of thioether (sulfide) groups is 1. The highest BCUT2D eigenvalue weighted by Gasteiger charge is 2.37. The largest absolute Gasteiger partial charge is 0.387 e. The van der Waals surface area contributed by atoms with Crippen molar-refractivity contribution in [3.63, 3.8) is 0 Å². The average Bonchev–Trinajstić information content (AvgIpc) is 2.87. The lowest BCUT2D eigenvalue weighted by atomic mass is 10.0. The topological polar surface area (TPSA) is 49.3 Å². The Balaban J connectivity index is 1.93. The summed E-state index contributed by atoms with van der Waals surface area (Å²) < 4.78 is 12.9. The normalized spacial score (nSPS) is 23.6. The van der Waals surface area contributed by atoms with Gasteiger partial charge >= 0.3 is 0 Å². The van der Waals surface area contributed by atoms with Crippen LogP contribution in [0.15, 0.2) is 18.2 Å². The van der Waals surface area contributed by atoms with Gasteiger partial charge in [0.25, 0.3) is 0 Å². The van der Waals surface area contributed by atoms with Gasteiger partial charge in [-0.2, -0.15) is 0 Å². The van der Waals surface area contributed by atoms with E-state index in [2.05, 4.69) is 5.32 Å². The van der Waals surface area contributed by atoms with E-state index in [1.165, 1.54) is 12.1 Å². The van der Waals surface area contributed by atoms with Crippen molar-refractivity contribution < 1.29 is 14.3 Å². The Labute approximate surface area is 126 Å². The molecule has 1 fully saturated rings. The molecule has 0 spiro atoms. The third-order valence-electron chi connectivity index (χ3n) is 3.48. The lowest BCUT2D eigenvalue weighted by Crippen LogP contribution is -2.42. The zero-order chi connectivity index (χ0) is 14.8. The maximum Gasteiger partial charge on any atom is 0.236 e. The lowest BCUT2D eigenvalue weighted by Gasteiger charge is -2.22. The molecular weight excluding hydrogens is 301 g/mol. The van der Waals surface area contributed by atoms with Crippen LogP contribution >= 0.6 is 23.4 Å². The molecule has 0 aliphatic carbocycles. The highest BCUT2D eigenvalue weighted by Crippen LogP contribution is 2.37. The molecule has 3 nitrogen and oxygen atoms in total. The van der Waals surface area contributed by atoms with Crippen LogP contribution in [0, 0.1) is 5.82 Å². The van der Waals surface area contributed by atoms with Gasteiger partial charge in [-0.25, -0.2) is 4.39 Å². The smallest absolute Gasteiger partial charge is 0.236 e. The number of hydrogen-bond acceptors (Lipinski definition) is 3. The molecule has 110 valence electrons. The first-order chi connectivity index (χ1) is 9.42. The molecule has 0 radical (unpaired) electrons. The summed E-state index contributed by atoms with van der Waals surface area (Å²) in [7, 11) is 0. The van der Waals surface area contributed by atoms with Crippen molar-refractivity contribution in [1.82, 2.24) is 5.32 Å². The number of nitrogens with one attached hydrogen (secondary N) is 1. The summed E-state index contributed by atoms with van der Waals surface area (Å²) in [6, 6.07) is 4.13. The molecule has 2 N–H and O–H groups in total. The second-order valence-corrected chi connectivity index (χ2v) is 7.09. The van der Waals surface area contributed by atoms with Gasteiger partial charge in [0.05, 0.1) is 15.9 Å². The number of hydrogen-bond donors (Lipinski definition) is 2. The molecule has 0 aromatic heterocycles. The zero-order valence-electron chi connectivity index (χ0n) is 11.2. The van der Waals surface area contributed by atoms with Gasteiger partial charge in [-0.05, 0) is 43.2 Å². The molecule has 1 aliphatic rings. The first-order valence-corrected chi connectivity index (χ1v) is 7.84. The zero-order valence-corrected chi connectivity index (χ0v) is 12.7. The fourth-order valence-corrected chi connectivity index (χ4v) is 3.52.